The van der Waals surface area contributed by atoms with Crippen molar-refractivity contribution < 1.29 is 14.4 Å². The van der Waals surface area contributed by atoms with Crippen LogP contribution in [0.25, 0.3) is 22.9 Å². The van der Waals surface area contributed by atoms with Crippen LogP contribution in [0.4, 0.5) is 16.7 Å². The van der Waals surface area contributed by atoms with Crippen LogP contribution in [0.3, 0.4) is 0 Å². The number of carbonyl (C=O) groups is 3. The molecule has 0 bridgehead atoms. The molecular weight excluding hydrogens is 484 g/mol. The van der Waals surface area contributed by atoms with E-state index in [-0.39, 0.29) is 11.5 Å². The van der Waals surface area contributed by atoms with Gasteiger partial charge in [0.1, 0.15) is 5.70 Å². The fourth-order valence-corrected chi connectivity index (χ4v) is 4.25. The summed E-state index contributed by atoms with van der Waals surface area (Å²) in [5, 5.41) is 15.8. The molecule has 0 unspecified atom stereocenters. The molecule has 1 aliphatic carbocycles. The molecule has 4 aromatic rings. The Bertz CT molecular complexity index is 1640. The van der Waals surface area contributed by atoms with Gasteiger partial charge in [0, 0.05) is 23.7 Å². The Kier molecular flexibility index (Phi) is 5.79. The van der Waals surface area contributed by atoms with Crippen LogP contribution in [-0.2, 0) is 11.3 Å². The lowest BCUT2D eigenvalue weighted by atomic mass is 9.97. The molecule has 1 aliphatic heterocycles. The second-order valence-electron chi connectivity index (χ2n) is 9.24. The number of nitrogens with one attached hydrogen (secondary N) is 4. The molecule has 2 aliphatic rings. The highest BCUT2D eigenvalue weighted by Crippen LogP contribution is 2.27. The molecule has 0 spiro atoms. The Morgan fingerprint density at radius 2 is 1.95 bits per heavy atom. The van der Waals surface area contributed by atoms with Gasteiger partial charge in [-0.25, -0.2) is 4.79 Å². The topological polar surface area (TPSA) is 142 Å². The van der Waals surface area contributed by atoms with E-state index in [2.05, 4.69) is 36.3 Å². The predicted octanol–water partition coefficient (Wildman–Crippen LogP) is 3.36. The number of amides is 3. The van der Waals surface area contributed by atoms with Crippen LogP contribution in [-0.4, -0.2) is 43.3 Å². The number of aromatic nitrogens is 4. The summed E-state index contributed by atoms with van der Waals surface area (Å²) in [4.78, 5) is 44.8. The maximum absolute atomic E-state index is 12.0. The molecular formula is C27H24N8O3. The molecule has 6 rings (SSSR count). The van der Waals surface area contributed by atoms with Crippen LogP contribution in [0.15, 0.2) is 60.4 Å². The molecule has 2 fully saturated rings. The third kappa shape index (κ3) is 4.69. The van der Waals surface area contributed by atoms with Crippen molar-refractivity contribution in [2.45, 2.75) is 32.4 Å². The monoisotopic (exact) mass is 508 g/mol. The van der Waals surface area contributed by atoms with Crippen LogP contribution in [0.2, 0.25) is 0 Å². The zero-order chi connectivity index (χ0) is 26.2. The highest BCUT2D eigenvalue weighted by Gasteiger charge is 2.26. The average molecular weight is 509 g/mol. The lowest BCUT2D eigenvalue weighted by molar-refractivity contribution is -0.115. The smallest absolute Gasteiger partial charge is 0.326 e. The minimum Gasteiger partial charge on any atom is -0.351 e. The van der Waals surface area contributed by atoms with Gasteiger partial charge < -0.3 is 16.0 Å². The van der Waals surface area contributed by atoms with Crippen molar-refractivity contribution in [2.75, 3.05) is 10.6 Å². The molecule has 0 atom stereocenters. The summed E-state index contributed by atoms with van der Waals surface area (Å²) in [7, 11) is 0. The Hall–Kier alpha value is -5.06. The van der Waals surface area contributed by atoms with Crippen molar-refractivity contribution in [3.05, 3.63) is 77.1 Å². The Morgan fingerprint density at radius 3 is 2.71 bits per heavy atom. The second kappa shape index (κ2) is 9.43. The van der Waals surface area contributed by atoms with E-state index >= 15 is 0 Å². The number of hydrogen-bond donors (Lipinski definition) is 4. The van der Waals surface area contributed by atoms with Gasteiger partial charge in [-0.1, -0.05) is 42.5 Å². The van der Waals surface area contributed by atoms with E-state index < -0.39 is 11.9 Å². The minimum atomic E-state index is -0.571. The number of urea groups is 1. The number of nitrogens with zero attached hydrogens (tertiary/aromatic N) is 4. The molecule has 2 aromatic heterocycles. The van der Waals surface area contributed by atoms with E-state index in [0.29, 0.717) is 41.3 Å². The Balaban J connectivity index is 1.33. The van der Waals surface area contributed by atoms with Crippen LogP contribution in [0.5, 0.6) is 0 Å². The molecule has 4 N–H and O–H groups in total. The number of hydrogen-bond acceptors (Lipinski definition) is 8. The predicted molar refractivity (Wildman–Crippen MR) is 141 cm³/mol. The summed E-state index contributed by atoms with van der Waals surface area (Å²) < 4.78 is 1.59. The summed E-state index contributed by atoms with van der Waals surface area (Å²) in [5.74, 6) is 0.421. The summed E-state index contributed by atoms with van der Waals surface area (Å²) in [6, 6.07) is 15.3. The van der Waals surface area contributed by atoms with E-state index in [1.54, 1.807) is 17.6 Å². The van der Waals surface area contributed by atoms with Crippen molar-refractivity contribution >= 4 is 41.3 Å². The zero-order valence-electron chi connectivity index (χ0n) is 20.5. The van der Waals surface area contributed by atoms with Gasteiger partial charge in [-0.15, -0.1) is 0 Å². The lowest BCUT2D eigenvalue weighted by Crippen LogP contribution is -2.22. The van der Waals surface area contributed by atoms with Gasteiger partial charge in [-0.2, -0.15) is 19.6 Å². The van der Waals surface area contributed by atoms with E-state index in [1.165, 1.54) is 6.08 Å². The Labute approximate surface area is 217 Å². The van der Waals surface area contributed by atoms with Gasteiger partial charge in [0.2, 0.25) is 11.9 Å². The number of ketones is 1. The van der Waals surface area contributed by atoms with Crippen molar-refractivity contribution in [3.8, 4) is 11.1 Å². The first-order chi connectivity index (χ1) is 18.4. The first-order valence-electron chi connectivity index (χ1n) is 12.2. The quantitative estimate of drug-likeness (QED) is 0.161. The summed E-state index contributed by atoms with van der Waals surface area (Å²) in [6.45, 7) is 1.99. The fourth-order valence-electron chi connectivity index (χ4n) is 4.25. The lowest BCUT2D eigenvalue weighted by Gasteiger charge is -2.13. The standard InChI is InChI=1S/C27H24N8O3/c1-15(36)16-6-4-7-17(11-16)21-8-3-2-5-18(21)13-28-25-32-23-19(12-22-24(37)33-27(38)31-22)14-29-35(23)26(34-25)30-20-9-10-20/h2-8,11-12,14,20H,9-10,13H2,1H3,(H2,28,30,32,34)(H2,31,33,37,38)/b22-12-. The maximum atomic E-state index is 12.0. The molecule has 11 nitrogen and oxygen atoms in total. The fraction of sp³-hybridized carbons (Fsp3) is 0.185. The van der Waals surface area contributed by atoms with Crippen molar-refractivity contribution in [1.82, 2.24) is 30.2 Å². The van der Waals surface area contributed by atoms with Crippen LogP contribution < -0.4 is 21.3 Å². The molecule has 38 heavy (non-hydrogen) atoms. The molecule has 1 saturated heterocycles. The molecule has 11 heteroatoms. The van der Waals surface area contributed by atoms with Gasteiger partial charge in [0.05, 0.1) is 6.20 Å². The van der Waals surface area contributed by atoms with Crippen molar-refractivity contribution in [3.63, 3.8) is 0 Å². The molecule has 0 radical (unpaired) electrons. The molecule has 1 saturated carbocycles. The number of anilines is 2. The largest absolute Gasteiger partial charge is 0.351 e. The highest BCUT2D eigenvalue weighted by molar-refractivity contribution is 6.14. The van der Waals surface area contributed by atoms with Gasteiger partial charge in [-0.3, -0.25) is 14.9 Å². The van der Waals surface area contributed by atoms with E-state index in [9.17, 15) is 14.4 Å². The summed E-state index contributed by atoms with van der Waals surface area (Å²) >= 11 is 0. The van der Waals surface area contributed by atoms with Gasteiger partial charge in [0.15, 0.2) is 11.4 Å². The number of rotatable bonds is 8. The average Bonchev–Trinajstić information content (AvgIpc) is 3.55. The molecule has 190 valence electrons. The third-order valence-electron chi connectivity index (χ3n) is 6.36. The molecule has 3 amide bonds. The van der Waals surface area contributed by atoms with Crippen LogP contribution in [0, 0.1) is 0 Å². The number of imide groups is 1. The highest BCUT2D eigenvalue weighted by atomic mass is 16.2. The van der Waals surface area contributed by atoms with Crippen LogP contribution >= 0.6 is 0 Å². The normalized spacial score (nSPS) is 16.0. The second-order valence-corrected chi connectivity index (χ2v) is 9.24. The maximum Gasteiger partial charge on any atom is 0.326 e. The van der Waals surface area contributed by atoms with Gasteiger partial charge in [-0.05, 0) is 48.6 Å². The van der Waals surface area contributed by atoms with E-state index in [4.69, 9.17) is 0 Å². The van der Waals surface area contributed by atoms with Gasteiger partial charge >= 0.3 is 6.03 Å². The summed E-state index contributed by atoms with van der Waals surface area (Å²) in [6.07, 6.45) is 5.21. The minimum absolute atomic E-state index is 0.0149. The third-order valence-corrected chi connectivity index (χ3v) is 6.36. The number of fused-ring (bicyclic) bond motifs is 1. The first-order valence-corrected chi connectivity index (χ1v) is 12.2. The van der Waals surface area contributed by atoms with E-state index in [0.717, 1.165) is 29.5 Å². The van der Waals surface area contributed by atoms with Crippen molar-refractivity contribution in [2.24, 2.45) is 0 Å². The van der Waals surface area contributed by atoms with Crippen molar-refractivity contribution in [1.29, 1.82) is 0 Å². The van der Waals surface area contributed by atoms with Crippen LogP contribution in [0.1, 0.15) is 41.3 Å². The van der Waals surface area contributed by atoms with E-state index in [1.807, 2.05) is 48.5 Å². The number of Topliss-reactive ketones (excluding diaryl/α,β-unsaturated/α-hetero) is 1. The molecule has 3 heterocycles. The number of benzene rings is 2. The number of carbonyl (C=O) groups excluding carboxylic acids is 3. The zero-order valence-corrected chi connectivity index (χ0v) is 20.5. The van der Waals surface area contributed by atoms with Gasteiger partial charge in [0.25, 0.3) is 5.91 Å². The SMILES string of the molecule is CC(=O)c1cccc(-c2ccccc2CNc2nc(NC3CC3)n3ncc(/C=C4\NC(=O)NC4=O)c3n2)c1. The molecule has 2 aromatic carbocycles. The first kappa shape index (κ1) is 23.3. The summed E-state index contributed by atoms with van der Waals surface area (Å²) in [5.41, 5.74) is 4.77. The Morgan fingerprint density at radius 1 is 1.11 bits per heavy atom.